The molecule has 0 unspecified atom stereocenters. The number of rotatable bonds is 6. The highest BCUT2D eigenvalue weighted by atomic mass is 79.9. The summed E-state index contributed by atoms with van der Waals surface area (Å²) in [6.45, 7) is 2.42. The second-order valence-corrected chi connectivity index (χ2v) is 6.24. The van der Waals surface area contributed by atoms with Gasteiger partial charge >= 0.3 is 0 Å². The molecule has 0 bridgehead atoms. The van der Waals surface area contributed by atoms with Crippen LogP contribution in [0.4, 0.5) is 5.69 Å². The number of halogens is 1. The Bertz CT molecular complexity index is 898. The van der Waals surface area contributed by atoms with Crippen molar-refractivity contribution >= 4 is 27.5 Å². The van der Waals surface area contributed by atoms with Gasteiger partial charge in [-0.2, -0.15) is 0 Å². The van der Waals surface area contributed by atoms with E-state index in [0.29, 0.717) is 35.2 Å². The molecule has 1 heterocycles. The van der Waals surface area contributed by atoms with Crippen LogP contribution in [-0.4, -0.2) is 17.5 Å². The number of amides is 1. The number of aromatic nitrogens is 1. The largest absolute Gasteiger partial charge is 0.492 e. The molecule has 1 N–H and O–H groups in total. The zero-order valence-electron chi connectivity index (χ0n) is 14.1. The summed E-state index contributed by atoms with van der Waals surface area (Å²) in [5, 5.41) is 2.84. The number of nitrogens with one attached hydrogen (secondary N) is 1. The van der Waals surface area contributed by atoms with Crippen LogP contribution in [-0.2, 0) is 0 Å². The summed E-state index contributed by atoms with van der Waals surface area (Å²) in [6.07, 6.45) is 1.48. The van der Waals surface area contributed by atoms with Crippen molar-refractivity contribution < 1.29 is 14.3 Å². The number of para-hydroxylation sites is 2. The van der Waals surface area contributed by atoms with Crippen LogP contribution in [0.5, 0.6) is 17.4 Å². The first-order valence-corrected chi connectivity index (χ1v) is 8.87. The maximum Gasteiger partial charge on any atom is 0.257 e. The van der Waals surface area contributed by atoms with Gasteiger partial charge in [0.05, 0.1) is 17.9 Å². The first-order chi connectivity index (χ1) is 12.7. The molecule has 0 aliphatic carbocycles. The van der Waals surface area contributed by atoms with Crippen LogP contribution in [0.25, 0.3) is 0 Å². The third kappa shape index (κ3) is 4.61. The van der Waals surface area contributed by atoms with Gasteiger partial charge in [0.1, 0.15) is 11.5 Å². The van der Waals surface area contributed by atoms with Crippen LogP contribution < -0.4 is 14.8 Å². The zero-order valence-corrected chi connectivity index (χ0v) is 15.7. The van der Waals surface area contributed by atoms with Gasteiger partial charge in [-0.25, -0.2) is 4.98 Å². The summed E-state index contributed by atoms with van der Waals surface area (Å²) in [5.41, 5.74) is 1.05. The second-order valence-electron chi connectivity index (χ2n) is 5.33. The third-order valence-electron chi connectivity index (χ3n) is 3.45. The molecule has 26 heavy (non-hydrogen) atoms. The smallest absolute Gasteiger partial charge is 0.257 e. The maximum absolute atomic E-state index is 12.4. The van der Waals surface area contributed by atoms with Crippen LogP contribution in [0.15, 0.2) is 71.3 Å². The van der Waals surface area contributed by atoms with Gasteiger partial charge < -0.3 is 14.8 Å². The lowest BCUT2D eigenvalue weighted by molar-refractivity contribution is 0.102. The number of ether oxygens (including phenoxy) is 2. The van der Waals surface area contributed by atoms with Crippen molar-refractivity contribution in [2.75, 3.05) is 11.9 Å². The van der Waals surface area contributed by atoms with Crippen LogP contribution in [0.1, 0.15) is 17.3 Å². The van der Waals surface area contributed by atoms with Crippen molar-refractivity contribution in [1.82, 2.24) is 4.98 Å². The topological polar surface area (TPSA) is 60.5 Å². The van der Waals surface area contributed by atoms with E-state index in [0.717, 1.165) is 4.47 Å². The number of carbonyl (C=O) groups excluding carboxylic acids is 1. The number of anilines is 1. The van der Waals surface area contributed by atoms with Crippen molar-refractivity contribution in [3.8, 4) is 17.4 Å². The predicted molar refractivity (Wildman–Crippen MR) is 104 cm³/mol. The van der Waals surface area contributed by atoms with E-state index in [1.54, 1.807) is 18.2 Å². The lowest BCUT2D eigenvalue weighted by Gasteiger charge is -2.11. The third-order valence-corrected chi connectivity index (χ3v) is 3.95. The number of benzene rings is 2. The molecule has 0 spiro atoms. The molecule has 132 valence electrons. The van der Waals surface area contributed by atoms with Crippen molar-refractivity contribution in [1.29, 1.82) is 0 Å². The SMILES string of the molecule is CCOc1ccccc1NC(=O)c1ccc(Oc2cccc(Br)c2)nc1. The maximum atomic E-state index is 12.4. The predicted octanol–water partition coefficient (Wildman–Crippen LogP) is 5.29. The van der Waals surface area contributed by atoms with Crippen molar-refractivity contribution in [2.24, 2.45) is 0 Å². The Morgan fingerprint density at radius 3 is 2.69 bits per heavy atom. The molecule has 0 aliphatic heterocycles. The lowest BCUT2D eigenvalue weighted by Crippen LogP contribution is -2.13. The second kappa shape index (κ2) is 8.49. The molecule has 0 atom stereocenters. The first-order valence-electron chi connectivity index (χ1n) is 8.08. The highest BCUT2D eigenvalue weighted by Crippen LogP contribution is 2.25. The van der Waals surface area contributed by atoms with Crippen LogP contribution in [0.2, 0.25) is 0 Å². The molecule has 0 fully saturated rings. The van der Waals surface area contributed by atoms with E-state index >= 15 is 0 Å². The molecule has 1 aromatic heterocycles. The Hall–Kier alpha value is -2.86. The summed E-state index contributed by atoms with van der Waals surface area (Å²) in [4.78, 5) is 16.6. The van der Waals surface area contributed by atoms with Crippen LogP contribution >= 0.6 is 15.9 Å². The number of hydrogen-bond acceptors (Lipinski definition) is 4. The molecule has 0 radical (unpaired) electrons. The van der Waals surface area contributed by atoms with Gasteiger partial charge in [-0.05, 0) is 43.3 Å². The average Bonchev–Trinajstić information content (AvgIpc) is 2.64. The number of carbonyl (C=O) groups is 1. The highest BCUT2D eigenvalue weighted by Gasteiger charge is 2.10. The summed E-state index contributed by atoms with van der Waals surface area (Å²) in [5.74, 6) is 1.44. The van der Waals surface area contributed by atoms with E-state index < -0.39 is 0 Å². The van der Waals surface area contributed by atoms with Crippen molar-refractivity contribution in [2.45, 2.75) is 6.92 Å². The number of hydrogen-bond donors (Lipinski definition) is 1. The highest BCUT2D eigenvalue weighted by molar-refractivity contribution is 9.10. The van der Waals surface area contributed by atoms with Crippen molar-refractivity contribution in [3.05, 3.63) is 76.9 Å². The molecule has 0 saturated heterocycles. The first kappa shape index (κ1) is 17.9. The Balaban J connectivity index is 1.69. The standard InChI is InChI=1S/C20H17BrN2O3/c1-2-25-18-9-4-3-8-17(18)23-20(24)14-10-11-19(22-13-14)26-16-7-5-6-15(21)12-16/h3-13H,2H2,1H3,(H,23,24). The fourth-order valence-electron chi connectivity index (χ4n) is 2.27. The van der Waals surface area contributed by atoms with Gasteiger partial charge in [0.2, 0.25) is 5.88 Å². The fourth-order valence-corrected chi connectivity index (χ4v) is 2.65. The lowest BCUT2D eigenvalue weighted by atomic mass is 10.2. The Morgan fingerprint density at radius 1 is 1.12 bits per heavy atom. The van der Waals surface area contributed by atoms with Gasteiger partial charge in [0, 0.05) is 16.7 Å². The van der Waals surface area contributed by atoms with E-state index in [9.17, 15) is 4.79 Å². The Morgan fingerprint density at radius 2 is 1.96 bits per heavy atom. The molecule has 3 rings (SSSR count). The van der Waals surface area contributed by atoms with E-state index in [1.165, 1.54) is 6.20 Å². The molecule has 6 heteroatoms. The van der Waals surface area contributed by atoms with E-state index in [4.69, 9.17) is 9.47 Å². The van der Waals surface area contributed by atoms with Crippen LogP contribution in [0, 0.1) is 0 Å². The molecule has 0 aliphatic rings. The van der Waals surface area contributed by atoms with Crippen molar-refractivity contribution in [3.63, 3.8) is 0 Å². The summed E-state index contributed by atoms with van der Waals surface area (Å²) < 4.78 is 12.1. The monoisotopic (exact) mass is 412 g/mol. The zero-order chi connectivity index (χ0) is 18.4. The minimum absolute atomic E-state index is 0.265. The van der Waals surface area contributed by atoms with E-state index in [1.807, 2.05) is 49.4 Å². The van der Waals surface area contributed by atoms with Gasteiger partial charge in [-0.1, -0.05) is 34.1 Å². The minimum Gasteiger partial charge on any atom is -0.492 e. The molecule has 1 amide bonds. The normalized spacial score (nSPS) is 10.2. The van der Waals surface area contributed by atoms with Gasteiger partial charge in [-0.3, -0.25) is 4.79 Å². The summed E-state index contributed by atoms with van der Waals surface area (Å²) in [7, 11) is 0. The Kier molecular flexibility index (Phi) is 5.86. The molecule has 2 aromatic carbocycles. The molecular weight excluding hydrogens is 396 g/mol. The van der Waals surface area contributed by atoms with E-state index in [2.05, 4.69) is 26.2 Å². The summed E-state index contributed by atoms with van der Waals surface area (Å²) >= 11 is 3.39. The number of nitrogens with zero attached hydrogens (tertiary/aromatic N) is 1. The fraction of sp³-hybridized carbons (Fsp3) is 0.100. The molecule has 0 saturated carbocycles. The van der Waals surface area contributed by atoms with Gasteiger partial charge in [0.25, 0.3) is 5.91 Å². The van der Waals surface area contributed by atoms with Gasteiger partial charge in [0.15, 0.2) is 0 Å². The molecule has 5 nitrogen and oxygen atoms in total. The van der Waals surface area contributed by atoms with Crippen LogP contribution in [0.3, 0.4) is 0 Å². The van der Waals surface area contributed by atoms with Gasteiger partial charge in [-0.15, -0.1) is 0 Å². The average molecular weight is 413 g/mol. The molecule has 3 aromatic rings. The molecular formula is C20H17BrN2O3. The minimum atomic E-state index is -0.265. The number of pyridine rings is 1. The Labute approximate surface area is 160 Å². The quantitative estimate of drug-likeness (QED) is 0.597. The van der Waals surface area contributed by atoms with E-state index in [-0.39, 0.29) is 5.91 Å². The summed E-state index contributed by atoms with van der Waals surface area (Å²) in [6, 6.07) is 18.1.